The number of likely N-dealkylation sites (N-methyl/N-ethyl adjacent to an activating group) is 1. The molecule has 18 heavy (non-hydrogen) atoms. The summed E-state index contributed by atoms with van der Waals surface area (Å²) in [7, 11) is 1.61. The van der Waals surface area contributed by atoms with Crippen LogP contribution >= 0.6 is 0 Å². The zero-order valence-corrected chi connectivity index (χ0v) is 10.0. The fourth-order valence-electron chi connectivity index (χ4n) is 1.33. The first-order chi connectivity index (χ1) is 8.31. The molecule has 1 nitrogen and oxygen atoms in total. The van der Waals surface area contributed by atoms with E-state index < -0.39 is 34.6 Å². The highest BCUT2D eigenvalue weighted by Crippen LogP contribution is 2.25. The van der Waals surface area contributed by atoms with Crippen molar-refractivity contribution in [3.05, 3.63) is 40.2 Å². The molecular formula is C12H12F5N. The molecule has 100 valence electrons. The second-order valence-electron chi connectivity index (χ2n) is 3.88. The van der Waals surface area contributed by atoms with E-state index in [2.05, 4.69) is 5.32 Å². The van der Waals surface area contributed by atoms with E-state index in [9.17, 15) is 22.0 Å². The van der Waals surface area contributed by atoms with E-state index in [1.54, 1.807) is 14.0 Å². The summed E-state index contributed by atoms with van der Waals surface area (Å²) >= 11 is 0. The molecule has 0 aliphatic heterocycles. The number of hydrogen-bond donors (Lipinski definition) is 1. The molecule has 1 unspecified atom stereocenters. The summed E-state index contributed by atoms with van der Waals surface area (Å²) in [6.07, 6.45) is 0.942. The normalized spacial score (nSPS) is 13.9. The maximum absolute atomic E-state index is 13.3. The van der Waals surface area contributed by atoms with E-state index in [0.717, 1.165) is 6.08 Å². The van der Waals surface area contributed by atoms with Gasteiger partial charge in [0, 0.05) is 6.04 Å². The number of hydrogen-bond acceptors (Lipinski definition) is 1. The summed E-state index contributed by atoms with van der Waals surface area (Å²) in [6, 6.07) is -0.250. The monoisotopic (exact) mass is 265 g/mol. The van der Waals surface area contributed by atoms with Crippen molar-refractivity contribution in [2.75, 3.05) is 7.05 Å². The summed E-state index contributed by atoms with van der Waals surface area (Å²) in [5, 5.41) is 2.79. The molecule has 1 aromatic rings. The largest absolute Gasteiger partial charge is 0.314 e. The molecule has 0 fully saturated rings. The molecule has 0 amide bonds. The second kappa shape index (κ2) is 5.48. The second-order valence-corrected chi connectivity index (χ2v) is 3.88. The third-order valence-electron chi connectivity index (χ3n) is 2.73. The highest BCUT2D eigenvalue weighted by Gasteiger charge is 2.24. The number of benzene rings is 1. The van der Waals surface area contributed by atoms with Crippen LogP contribution in [-0.2, 0) is 0 Å². The fraction of sp³-hybridized carbons (Fsp3) is 0.333. The third-order valence-corrected chi connectivity index (χ3v) is 2.73. The van der Waals surface area contributed by atoms with Gasteiger partial charge in [0.05, 0.1) is 5.56 Å². The molecule has 1 aromatic carbocycles. The first kappa shape index (κ1) is 14.6. The molecule has 0 saturated heterocycles. The van der Waals surface area contributed by atoms with Crippen LogP contribution in [0.4, 0.5) is 22.0 Å². The molecule has 6 heteroatoms. The number of nitrogens with one attached hydrogen (secondary N) is 1. The van der Waals surface area contributed by atoms with Gasteiger partial charge in [-0.3, -0.25) is 0 Å². The molecule has 0 heterocycles. The van der Waals surface area contributed by atoms with Crippen molar-refractivity contribution >= 4 is 6.08 Å². The van der Waals surface area contributed by atoms with Crippen molar-refractivity contribution in [1.29, 1.82) is 0 Å². The first-order valence-electron chi connectivity index (χ1n) is 5.18. The van der Waals surface area contributed by atoms with Gasteiger partial charge in [-0.05, 0) is 27.0 Å². The standard InChI is InChI=1S/C12H12F5N/c1-5(6(2)18-3)4-7-8(13)10(15)12(17)11(16)9(7)14/h4,6,18H,1-3H3. The molecule has 0 bridgehead atoms. The topological polar surface area (TPSA) is 12.0 Å². The van der Waals surface area contributed by atoms with E-state index >= 15 is 0 Å². The third kappa shape index (κ3) is 2.53. The predicted octanol–water partition coefficient (Wildman–Crippen LogP) is 3.39. The zero-order valence-electron chi connectivity index (χ0n) is 10.0. The van der Waals surface area contributed by atoms with E-state index in [4.69, 9.17) is 0 Å². The summed E-state index contributed by atoms with van der Waals surface area (Å²) in [4.78, 5) is 0. The summed E-state index contributed by atoms with van der Waals surface area (Å²) in [5.41, 5.74) is -0.480. The van der Waals surface area contributed by atoms with Crippen molar-refractivity contribution in [2.45, 2.75) is 19.9 Å². The van der Waals surface area contributed by atoms with Crippen LogP contribution in [0.15, 0.2) is 5.57 Å². The van der Waals surface area contributed by atoms with Gasteiger partial charge in [-0.1, -0.05) is 5.57 Å². The summed E-state index contributed by atoms with van der Waals surface area (Å²) in [5.74, 6) is -9.68. The van der Waals surface area contributed by atoms with Gasteiger partial charge >= 0.3 is 0 Å². The number of rotatable bonds is 3. The molecule has 0 aliphatic carbocycles. The minimum atomic E-state index is -2.15. The van der Waals surface area contributed by atoms with Gasteiger partial charge in [-0.25, -0.2) is 22.0 Å². The summed E-state index contributed by atoms with van der Waals surface area (Å²) < 4.78 is 65.3. The molecule has 0 aliphatic rings. The van der Waals surface area contributed by atoms with Crippen LogP contribution in [0.3, 0.4) is 0 Å². The Morgan fingerprint density at radius 3 is 1.72 bits per heavy atom. The Morgan fingerprint density at radius 1 is 0.944 bits per heavy atom. The lowest BCUT2D eigenvalue weighted by Gasteiger charge is -2.12. The Kier molecular flexibility index (Phi) is 4.45. The minimum Gasteiger partial charge on any atom is -0.314 e. The molecule has 1 atom stereocenters. The van der Waals surface area contributed by atoms with Gasteiger partial charge in [0.2, 0.25) is 5.82 Å². The van der Waals surface area contributed by atoms with E-state index in [1.807, 2.05) is 0 Å². The molecule has 1 N–H and O–H groups in total. The van der Waals surface area contributed by atoms with Crippen molar-refractivity contribution < 1.29 is 22.0 Å². The van der Waals surface area contributed by atoms with E-state index in [-0.39, 0.29) is 6.04 Å². The van der Waals surface area contributed by atoms with Gasteiger partial charge in [0.1, 0.15) is 0 Å². The Morgan fingerprint density at radius 2 is 1.33 bits per heavy atom. The first-order valence-corrected chi connectivity index (χ1v) is 5.18. The van der Waals surface area contributed by atoms with E-state index in [0.29, 0.717) is 5.57 Å². The van der Waals surface area contributed by atoms with Crippen molar-refractivity contribution in [2.24, 2.45) is 0 Å². The van der Waals surface area contributed by atoms with Crippen LogP contribution in [-0.4, -0.2) is 13.1 Å². The highest BCUT2D eigenvalue weighted by atomic mass is 19.2. The van der Waals surface area contributed by atoms with E-state index in [1.165, 1.54) is 6.92 Å². The van der Waals surface area contributed by atoms with Crippen LogP contribution < -0.4 is 5.32 Å². The van der Waals surface area contributed by atoms with Crippen LogP contribution in [0.1, 0.15) is 19.4 Å². The average molecular weight is 265 g/mol. The Hall–Kier alpha value is -1.43. The Balaban J connectivity index is 3.43. The van der Waals surface area contributed by atoms with Crippen LogP contribution in [0.2, 0.25) is 0 Å². The van der Waals surface area contributed by atoms with Crippen molar-refractivity contribution in [1.82, 2.24) is 5.32 Å². The van der Waals surface area contributed by atoms with Gasteiger partial charge < -0.3 is 5.32 Å². The fourth-order valence-corrected chi connectivity index (χ4v) is 1.33. The molecule has 1 rings (SSSR count). The molecule has 0 aromatic heterocycles. The van der Waals surface area contributed by atoms with Crippen molar-refractivity contribution in [3.8, 4) is 0 Å². The lowest BCUT2D eigenvalue weighted by molar-refractivity contribution is 0.376. The SMILES string of the molecule is CNC(C)C(C)=Cc1c(F)c(F)c(F)c(F)c1F. The molecular weight excluding hydrogens is 253 g/mol. The quantitative estimate of drug-likeness (QED) is 0.502. The smallest absolute Gasteiger partial charge is 0.200 e. The highest BCUT2D eigenvalue weighted by molar-refractivity contribution is 5.55. The molecule has 0 spiro atoms. The van der Waals surface area contributed by atoms with Crippen LogP contribution in [0.5, 0.6) is 0 Å². The summed E-state index contributed by atoms with van der Waals surface area (Å²) in [6.45, 7) is 3.22. The van der Waals surface area contributed by atoms with Gasteiger partial charge in [-0.2, -0.15) is 0 Å². The lowest BCUT2D eigenvalue weighted by atomic mass is 10.1. The minimum absolute atomic E-state index is 0.250. The van der Waals surface area contributed by atoms with Crippen LogP contribution in [0, 0.1) is 29.1 Å². The predicted molar refractivity (Wildman–Crippen MR) is 58.4 cm³/mol. The molecule has 0 radical (unpaired) electrons. The Bertz CT molecular complexity index is 467. The zero-order chi connectivity index (χ0) is 14.0. The maximum Gasteiger partial charge on any atom is 0.200 e. The van der Waals surface area contributed by atoms with Gasteiger partial charge in [-0.15, -0.1) is 0 Å². The number of halogens is 5. The maximum atomic E-state index is 13.3. The Labute approximate surface area is 101 Å². The van der Waals surface area contributed by atoms with Crippen LogP contribution in [0.25, 0.3) is 6.08 Å². The molecule has 0 saturated carbocycles. The van der Waals surface area contributed by atoms with Crippen molar-refractivity contribution in [3.63, 3.8) is 0 Å². The van der Waals surface area contributed by atoms with Gasteiger partial charge in [0.25, 0.3) is 0 Å². The van der Waals surface area contributed by atoms with Gasteiger partial charge in [0.15, 0.2) is 23.3 Å². The lowest BCUT2D eigenvalue weighted by Crippen LogP contribution is -2.22. The average Bonchev–Trinajstić information content (AvgIpc) is 2.37.